The minimum Gasteiger partial charge on any atom is -0.367 e. The summed E-state index contributed by atoms with van der Waals surface area (Å²) in [6.07, 6.45) is 2.54. The Morgan fingerprint density at radius 1 is 1.11 bits per heavy atom. The summed E-state index contributed by atoms with van der Waals surface area (Å²) >= 11 is 6.11. The third-order valence-electron chi connectivity index (χ3n) is 4.05. The Balaban J connectivity index is 2.16. The zero-order valence-corrected chi connectivity index (χ0v) is 16.3. The second-order valence-corrected chi connectivity index (χ2v) is 8.49. The van der Waals surface area contributed by atoms with E-state index in [2.05, 4.69) is 10.3 Å². The van der Waals surface area contributed by atoms with Gasteiger partial charge in [-0.3, -0.25) is 15.1 Å². The molecule has 1 atom stereocenters. The molecule has 2 aromatic carbocycles. The molecular formula is C19H16ClN3O4S. The van der Waals surface area contributed by atoms with Gasteiger partial charge in [0, 0.05) is 17.5 Å². The van der Waals surface area contributed by atoms with Crippen LogP contribution in [0.5, 0.6) is 0 Å². The Bertz CT molecular complexity index is 1120. The number of rotatable bonds is 6. The van der Waals surface area contributed by atoms with E-state index >= 15 is 0 Å². The first kappa shape index (κ1) is 19.8. The smallest absolute Gasteiger partial charge is 0.310 e. The van der Waals surface area contributed by atoms with Gasteiger partial charge in [-0.25, -0.2) is 8.42 Å². The van der Waals surface area contributed by atoms with Gasteiger partial charge in [-0.2, -0.15) is 0 Å². The number of nitro groups is 1. The van der Waals surface area contributed by atoms with E-state index in [0.717, 1.165) is 11.8 Å². The average Bonchev–Trinajstić information content (AvgIpc) is 2.65. The number of sulfone groups is 1. The molecule has 0 spiro atoms. The van der Waals surface area contributed by atoms with Crippen molar-refractivity contribution in [2.24, 2.45) is 0 Å². The standard InChI is InChI=1S/C19H16ClN3O4S/c1-28(26,27)17-10-5-9-16(19(17)23(24)25)22-18(15-8-2-3-11-21-15)13-6-4-7-14(20)12-13/h2-12,18,22H,1H3. The van der Waals surface area contributed by atoms with Crippen molar-refractivity contribution in [1.29, 1.82) is 0 Å². The summed E-state index contributed by atoms with van der Waals surface area (Å²) in [5, 5.41) is 15.2. The lowest BCUT2D eigenvalue weighted by Crippen LogP contribution is -2.16. The highest BCUT2D eigenvalue weighted by molar-refractivity contribution is 7.90. The Labute approximate surface area is 167 Å². The summed E-state index contributed by atoms with van der Waals surface area (Å²) in [4.78, 5) is 14.9. The molecule has 0 radical (unpaired) electrons. The van der Waals surface area contributed by atoms with E-state index in [1.165, 1.54) is 18.2 Å². The summed E-state index contributed by atoms with van der Waals surface area (Å²) in [6.45, 7) is 0. The monoisotopic (exact) mass is 417 g/mol. The maximum atomic E-state index is 12.0. The van der Waals surface area contributed by atoms with E-state index in [9.17, 15) is 18.5 Å². The molecule has 144 valence electrons. The number of halogens is 1. The van der Waals surface area contributed by atoms with Crippen molar-refractivity contribution < 1.29 is 13.3 Å². The van der Waals surface area contributed by atoms with Gasteiger partial charge in [-0.15, -0.1) is 0 Å². The van der Waals surface area contributed by atoms with Crippen molar-refractivity contribution in [2.45, 2.75) is 10.9 Å². The van der Waals surface area contributed by atoms with Crippen LogP contribution in [0.3, 0.4) is 0 Å². The summed E-state index contributed by atoms with van der Waals surface area (Å²) in [5.41, 5.74) is 0.894. The number of anilines is 1. The molecule has 1 aromatic heterocycles. The van der Waals surface area contributed by atoms with Gasteiger partial charge >= 0.3 is 5.69 Å². The number of nitrogens with one attached hydrogen (secondary N) is 1. The molecule has 0 saturated carbocycles. The third-order valence-corrected chi connectivity index (χ3v) is 5.41. The lowest BCUT2D eigenvalue weighted by molar-refractivity contribution is -0.386. The number of pyridine rings is 1. The van der Waals surface area contributed by atoms with Gasteiger partial charge in [-0.1, -0.05) is 35.9 Å². The van der Waals surface area contributed by atoms with E-state index in [-0.39, 0.29) is 10.6 Å². The number of hydrogen-bond donors (Lipinski definition) is 1. The van der Waals surface area contributed by atoms with Crippen LogP contribution in [0.25, 0.3) is 0 Å². The van der Waals surface area contributed by atoms with Gasteiger partial charge in [0.25, 0.3) is 0 Å². The van der Waals surface area contributed by atoms with Crippen LogP contribution in [0.4, 0.5) is 11.4 Å². The Hall–Kier alpha value is -2.97. The van der Waals surface area contributed by atoms with Crippen LogP contribution in [0.2, 0.25) is 5.02 Å². The fourth-order valence-corrected chi connectivity index (χ4v) is 3.90. The molecule has 0 fully saturated rings. The SMILES string of the molecule is CS(=O)(=O)c1cccc(NC(c2cccc(Cl)c2)c2ccccn2)c1[N+](=O)[O-]. The largest absolute Gasteiger partial charge is 0.367 e. The molecule has 7 nitrogen and oxygen atoms in total. The van der Waals surface area contributed by atoms with E-state index in [1.807, 2.05) is 6.07 Å². The van der Waals surface area contributed by atoms with Crippen molar-refractivity contribution in [3.8, 4) is 0 Å². The van der Waals surface area contributed by atoms with Crippen LogP contribution in [0, 0.1) is 10.1 Å². The van der Waals surface area contributed by atoms with Crippen LogP contribution in [0.15, 0.2) is 71.8 Å². The molecule has 3 rings (SSSR count). The number of nitrogens with zero attached hydrogens (tertiary/aromatic N) is 2. The van der Waals surface area contributed by atoms with Crippen molar-refractivity contribution in [3.63, 3.8) is 0 Å². The molecule has 0 aliphatic carbocycles. The number of aromatic nitrogens is 1. The van der Waals surface area contributed by atoms with Gasteiger partial charge in [0.1, 0.15) is 10.6 Å². The molecule has 0 aliphatic rings. The van der Waals surface area contributed by atoms with Crippen LogP contribution in [-0.4, -0.2) is 24.6 Å². The predicted molar refractivity (Wildman–Crippen MR) is 107 cm³/mol. The van der Waals surface area contributed by atoms with E-state index in [0.29, 0.717) is 10.7 Å². The number of nitro benzene ring substituents is 1. The molecule has 1 N–H and O–H groups in total. The molecule has 28 heavy (non-hydrogen) atoms. The maximum absolute atomic E-state index is 12.0. The predicted octanol–water partition coefficient (Wildman–Crippen LogP) is 4.25. The molecule has 1 heterocycles. The van der Waals surface area contributed by atoms with Crippen LogP contribution < -0.4 is 5.32 Å². The van der Waals surface area contributed by atoms with Crippen molar-refractivity contribution >= 4 is 32.8 Å². The highest BCUT2D eigenvalue weighted by Gasteiger charge is 2.28. The van der Waals surface area contributed by atoms with Gasteiger partial charge < -0.3 is 5.32 Å². The van der Waals surface area contributed by atoms with Crippen LogP contribution in [-0.2, 0) is 9.84 Å². The number of hydrogen-bond acceptors (Lipinski definition) is 6. The molecule has 0 amide bonds. The van der Waals surface area contributed by atoms with Gasteiger partial charge in [-0.05, 0) is 42.0 Å². The molecule has 0 bridgehead atoms. The Kier molecular flexibility index (Phi) is 5.62. The lowest BCUT2D eigenvalue weighted by Gasteiger charge is -2.20. The highest BCUT2D eigenvalue weighted by atomic mass is 35.5. The molecule has 1 unspecified atom stereocenters. The van der Waals surface area contributed by atoms with Crippen molar-refractivity contribution in [1.82, 2.24) is 4.98 Å². The number of para-hydroxylation sites is 1. The van der Waals surface area contributed by atoms with Gasteiger partial charge in [0.05, 0.1) is 16.7 Å². The molecule has 3 aromatic rings. The first-order valence-corrected chi connectivity index (χ1v) is 10.4. The van der Waals surface area contributed by atoms with Gasteiger partial charge in [0.2, 0.25) is 0 Å². The quantitative estimate of drug-likeness (QED) is 0.475. The maximum Gasteiger partial charge on any atom is 0.310 e. The second-order valence-electron chi connectivity index (χ2n) is 6.07. The molecule has 0 aliphatic heterocycles. The summed E-state index contributed by atoms with van der Waals surface area (Å²) in [7, 11) is -3.79. The third kappa shape index (κ3) is 4.29. The lowest BCUT2D eigenvalue weighted by atomic mass is 10.0. The molecular weight excluding hydrogens is 402 g/mol. The van der Waals surface area contributed by atoms with E-state index in [1.54, 1.807) is 42.6 Å². The summed E-state index contributed by atoms with van der Waals surface area (Å²) in [5.74, 6) is 0. The second kappa shape index (κ2) is 7.95. The fourth-order valence-electron chi connectivity index (χ4n) is 2.84. The van der Waals surface area contributed by atoms with Gasteiger partial charge in [0.15, 0.2) is 9.84 Å². The van der Waals surface area contributed by atoms with E-state index in [4.69, 9.17) is 11.6 Å². The highest BCUT2D eigenvalue weighted by Crippen LogP contribution is 2.36. The summed E-state index contributed by atoms with van der Waals surface area (Å²) in [6, 6.07) is 15.9. The first-order chi connectivity index (χ1) is 13.3. The van der Waals surface area contributed by atoms with E-state index < -0.39 is 26.5 Å². The molecule has 9 heteroatoms. The topological polar surface area (TPSA) is 102 Å². The average molecular weight is 418 g/mol. The normalized spacial score (nSPS) is 12.4. The first-order valence-electron chi connectivity index (χ1n) is 8.18. The fraction of sp³-hybridized carbons (Fsp3) is 0.105. The zero-order chi connectivity index (χ0) is 20.3. The molecule has 0 saturated heterocycles. The van der Waals surface area contributed by atoms with Crippen molar-refractivity contribution in [3.05, 3.63) is 93.3 Å². The zero-order valence-electron chi connectivity index (χ0n) is 14.7. The minimum absolute atomic E-state index is 0.0727. The number of benzene rings is 2. The Morgan fingerprint density at radius 2 is 1.86 bits per heavy atom. The Morgan fingerprint density at radius 3 is 2.46 bits per heavy atom. The van der Waals surface area contributed by atoms with Crippen molar-refractivity contribution in [2.75, 3.05) is 11.6 Å². The minimum atomic E-state index is -3.79. The van der Waals surface area contributed by atoms with Crippen LogP contribution in [0.1, 0.15) is 17.3 Å². The van der Waals surface area contributed by atoms with Crippen LogP contribution >= 0.6 is 11.6 Å². The summed E-state index contributed by atoms with van der Waals surface area (Å²) < 4.78 is 24.0.